The van der Waals surface area contributed by atoms with Crippen LogP contribution in [-0.4, -0.2) is 23.8 Å². The average molecular weight is 179 g/mol. The molecule has 2 atom stereocenters. The van der Waals surface area contributed by atoms with Gasteiger partial charge in [-0.15, -0.1) is 0 Å². The highest BCUT2D eigenvalue weighted by molar-refractivity contribution is 5.38. The van der Waals surface area contributed by atoms with Crippen molar-refractivity contribution in [3.05, 3.63) is 36.5 Å². The zero-order valence-corrected chi connectivity index (χ0v) is 8.09. The Balaban J connectivity index is 2.98. The maximum atomic E-state index is 9.51. The summed E-state index contributed by atoms with van der Waals surface area (Å²) in [6, 6.07) is 0.0132. The summed E-state index contributed by atoms with van der Waals surface area (Å²) >= 11 is 0. The van der Waals surface area contributed by atoms with Gasteiger partial charge in [0.25, 0.3) is 0 Å². The van der Waals surface area contributed by atoms with Crippen molar-refractivity contribution < 1.29 is 5.11 Å². The standard InChI is InChI=1S/C11H17NO/c1-4-9-6-7-12-11(8(3)13)10(9)5-2/h4-5,8,11-13H,1-2,6-7H2,3H3. The largest absolute Gasteiger partial charge is 0.391 e. The maximum absolute atomic E-state index is 9.51. The van der Waals surface area contributed by atoms with Crippen LogP contribution < -0.4 is 5.32 Å². The summed E-state index contributed by atoms with van der Waals surface area (Å²) in [5.41, 5.74) is 2.27. The molecule has 2 unspecified atom stereocenters. The first-order chi connectivity index (χ1) is 6.20. The Labute approximate surface area is 79.7 Å². The van der Waals surface area contributed by atoms with Crippen molar-refractivity contribution in [2.24, 2.45) is 0 Å². The predicted octanol–water partition coefficient (Wildman–Crippen LogP) is 1.40. The second-order valence-corrected chi connectivity index (χ2v) is 3.31. The molecule has 0 amide bonds. The Morgan fingerprint density at radius 3 is 2.69 bits per heavy atom. The third-order valence-corrected chi connectivity index (χ3v) is 2.41. The van der Waals surface area contributed by atoms with Crippen LogP contribution in [-0.2, 0) is 0 Å². The average Bonchev–Trinajstić information content (AvgIpc) is 2.16. The molecule has 0 saturated heterocycles. The molecule has 0 fully saturated rings. The molecule has 0 aliphatic carbocycles. The first kappa shape index (κ1) is 10.2. The topological polar surface area (TPSA) is 32.3 Å². The van der Waals surface area contributed by atoms with Gasteiger partial charge in [0, 0.05) is 0 Å². The molecule has 2 nitrogen and oxygen atoms in total. The van der Waals surface area contributed by atoms with Gasteiger partial charge in [0.15, 0.2) is 0 Å². The molecule has 0 aromatic carbocycles. The first-order valence-electron chi connectivity index (χ1n) is 4.60. The van der Waals surface area contributed by atoms with Crippen LogP contribution in [0.15, 0.2) is 36.5 Å². The fourth-order valence-electron chi connectivity index (χ4n) is 1.72. The van der Waals surface area contributed by atoms with E-state index in [0.29, 0.717) is 0 Å². The smallest absolute Gasteiger partial charge is 0.0706 e. The molecule has 0 aromatic rings. The Hall–Kier alpha value is -0.860. The van der Waals surface area contributed by atoms with Crippen molar-refractivity contribution >= 4 is 0 Å². The van der Waals surface area contributed by atoms with Gasteiger partial charge < -0.3 is 10.4 Å². The molecule has 2 N–H and O–H groups in total. The molecule has 0 bridgehead atoms. The lowest BCUT2D eigenvalue weighted by molar-refractivity contribution is 0.158. The molecule has 0 radical (unpaired) electrons. The minimum Gasteiger partial charge on any atom is -0.391 e. The van der Waals surface area contributed by atoms with Crippen LogP contribution in [0.2, 0.25) is 0 Å². The highest BCUT2D eigenvalue weighted by atomic mass is 16.3. The van der Waals surface area contributed by atoms with E-state index in [-0.39, 0.29) is 12.1 Å². The molecule has 0 saturated carbocycles. The van der Waals surface area contributed by atoms with Crippen molar-refractivity contribution in [1.29, 1.82) is 0 Å². The van der Waals surface area contributed by atoms with Crippen molar-refractivity contribution in [3.63, 3.8) is 0 Å². The zero-order valence-electron chi connectivity index (χ0n) is 8.09. The Morgan fingerprint density at radius 1 is 1.54 bits per heavy atom. The number of hydrogen-bond acceptors (Lipinski definition) is 2. The highest BCUT2D eigenvalue weighted by Crippen LogP contribution is 2.21. The lowest BCUT2D eigenvalue weighted by Crippen LogP contribution is -2.43. The van der Waals surface area contributed by atoms with E-state index >= 15 is 0 Å². The van der Waals surface area contributed by atoms with Crippen LogP contribution in [0, 0.1) is 0 Å². The highest BCUT2D eigenvalue weighted by Gasteiger charge is 2.22. The van der Waals surface area contributed by atoms with Crippen LogP contribution >= 0.6 is 0 Å². The van der Waals surface area contributed by atoms with Crippen molar-refractivity contribution in [2.45, 2.75) is 25.5 Å². The Morgan fingerprint density at radius 2 is 2.23 bits per heavy atom. The van der Waals surface area contributed by atoms with Gasteiger partial charge in [0.2, 0.25) is 0 Å². The molecule has 0 aromatic heterocycles. The van der Waals surface area contributed by atoms with E-state index in [4.69, 9.17) is 0 Å². The van der Waals surface area contributed by atoms with E-state index in [9.17, 15) is 5.11 Å². The zero-order chi connectivity index (χ0) is 9.84. The molecule has 72 valence electrons. The number of hydrogen-bond donors (Lipinski definition) is 2. The van der Waals surface area contributed by atoms with Crippen LogP contribution in [0.3, 0.4) is 0 Å². The third-order valence-electron chi connectivity index (χ3n) is 2.41. The third kappa shape index (κ3) is 2.08. The Kier molecular flexibility index (Phi) is 3.46. The van der Waals surface area contributed by atoms with Crippen molar-refractivity contribution in [2.75, 3.05) is 6.54 Å². The minimum atomic E-state index is -0.386. The van der Waals surface area contributed by atoms with Crippen LogP contribution in [0.5, 0.6) is 0 Å². The molecular weight excluding hydrogens is 162 g/mol. The predicted molar refractivity (Wildman–Crippen MR) is 55.5 cm³/mol. The molecule has 1 aliphatic rings. The number of allylic oxidation sites excluding steroid dienone is 1. The summed E-state index contributed by atoms with van der Waals surface area (Å²) < 4.78 is 0. The fraction of sp³-hybridized carbons (Fsp3) is 0.455. The number of aliphatic hydroxyl groups excluding tert-OH is 1. The number of rotatable bonds is 3. The van der Waals surface area contributed by atoms with E-state index in [1.807, 2.05) is 6.08 Å². The molecule has 0 spiro atoms. The SMILES string of the molecule is C=CC1=C(C=C)C(C(C)O)NCC1. The second-order valence-electron chi connectivity index (χ2n) is 3.31. The van der Waals surface area contributed by atoms with E-state index in [1.54, 1.807) is 13.0 Å². The lowest BCUT2D eigenvalue weighted by atomic mass is 9.91. The van der Waals surface area contributed by atoms with E-state index in [1.165, 1.54) is 5.57 Å². The van der Waals surface area contributed by atoms with Gasteiger partial charge in [-0.1, -0.05) is 25.3 Å². The summed E-state index contributed by atoms with van der Waals surface area (Å²) in [7, 11) is 0. The molecular formula is C11H17NO. The van der Waals surface area contributed by atoms with Crippen LogP contribution in [0.25, 0.3) is 0 Å². The van der Waals surface area contributed by atoms with E-state index < -0.39 is 0 Å². The van der Waals surface area contributed by atoms with Crippen LogP contribution in [0.4, 0.5) is 0 Å². The van der Waals surface area contributed by atoms with Gasteiger partial charge in [-0.3, -0.25) is 0 Å². The minimum absolute atomic E-state index is 0.0132. The van der Waals surface area contributed by atoms with Gasteiger partial charge in [-0.2, -0.15) is 0 Å². The monoisotopic (exact) mass is 179 g/mol. The van der Waals surface area contributed by atoms with Gasteiger partial charge in [0.05, 0.1) is 12.1 Å². The summed E-state index contributed by atoms with van der Waals surface area (Å²) in [6.07, 6.45) is 4.24. The second kappa shape index (κ2) is 4.40. The number of nitrogens with one attached hydrogen (secondary N) is 1. The summed E-state index contributed by atoms with van der Waals surface area (Å²) in [5.74, 6) is 0. The maximum Gasteiger partial charge on any atom is 0.0706 e. The summed E-state index contributed by atoms with van der Waals surface area (Å²) in [4.78, 5) is 0. The normalized spacial score (nSPS) is 25.5. The molecule has 1 rings (SSSR count). The molecule has 13 heavy (non-hydrogen) atoms. The molecule has 2 heteroatoms. The lowest BCUT2D eigenvalue weighted by Gasteiger charge is -2.29. The summed E-state index contributed by atoms with van der Waals surface area (Å²) in [5, 5.41) is 12.8. The van der Waals surface area contributed by atoms with Crippen LogP contribution in [0.1, 0.15) is 13.3 Å². The Bertz CT molecular complexity index is 240. The van der Waals surface area contributed by atoms with Gasteiger partial charge >= 0.3 is 0 Å². The van der Waals surface area contributed by atoms with Crippen molar-refractivity contribution in [3.8, 4) is 0 Å². The van der Waals surface area contributed by atoms with E-state index in [2.05, 4.69) is 18.5 Å². The van der Waals surface area contributed by atoms with Gasteiger partial charge in [-0.25, -0.2) is 0 Å². The molecule has 1 aliphatic heterocycles. The van der Waals surface area contributed by atoms with Gasteiger partial charge in [-0.05, 0) is 31.0 Å². The summed E-state index contributed by atoms with van der Waals surface area (Å²) in [6.45, 7) is 10.2. The first-order valence-corrected chi connectivity index (χ1v) is 4.60. The fourth-order valence-corrected chi connectivity index (χ4v) is 1.72. The quantitative estimate of drug-likeness (QED) is 0.686. The molecule has 1 heterocycles. The number of aliphatic hydroxyl groups is 1. The van der Waals surface area contributed by atoms with E-state index in [0.717, 1.165) is 18.5 Å². The van der Waals surface area contributed by atoms with Gasteiger partial charge in [0.1, 0.15) is 0 Å². The van der Waals surface area contributed by atoms with Crippen molar-refractivity contribution in [1.82, 2.24) is 5.32 Å².